The number of nitro benzene ring substituents is 1. The van der Waals surface area contributed by atoms with Crippen molar-refractivity contribution < 1.29 is 14.5 Å². The molecule has 0 unspecified atom stereocenters. The quantitative estimate of drug-likeness (QED) is 0.274. The number of amides is 1. The van der Waals surface area contributed by atoms with Crippen LogP contribution in [0.15, 0.2) is 41.6 Å². The van der Waals surface area contributed by atoms with E-state index in [1.807, 2.05) is 39.0 Å². The molecule has 9 heteroatoms. The summed E-state index contributed by atoms with van der Waals surface area (Å²) in [6, 6.07) is 10.4. The second-order valence-corrected chi connectivity index (χ2v) is 9.75. The Morgan fingerprint density at radius 3 is 2.56 bits per heavy atom. The van der Waals surface area contributed by atoms with Crippen LogP contribution in [0.5, 0.6) is 5.75 Å². The number of non-ortho nitro benzene ring substituents is 1. The number of methoxy groups -OCH3 is 1. The Kier molecular flexibility index (Phi) is 6.78. The Labute approximate surface area is 191 Å². The van der Waals surface area contributed by atoms with E-state index in [-0.39, 0.29) is 17.6 Å². The van der Waals surface area contributed by atoms with E-state index in [1.54, 1.807) is 13.2 Å². The van der Waals surface area contributed by atoms with Crippen LogP contribution in [0.3, 0.4) is 0 Å². The number of nitrogens with one attached hydrogen (secondary N) is 1. The first kappa shape index (κ1) is 23.6. The summed E-state index contributed by atoms with van der Waals surface area (Å²) < 4.78 is 7.51. The smallest absolute Gasteiger partial charge is 0.270 e. The average Bonchev–Trinajstić information content (AvgIpc) is 3.09. The van der Waals surface area contributed by atoms with Crippen LogP contribution in [0.2, 0.25) is 0 Å². The van der Waals surface area contributed by atoms with Crippen molar-refractivity contribution in [3.05, 3.63) is 52.1 Å². The van der Waals surface area contributed by atoms with Gasteiger partial charge >= 0.3 is 0 Å². The molecule has 2 aromatic carbocycles. The zero-order chi connectivity index (χ0) is 23.6. The maximum atomic E-state index is 12.3. The minimum absolute atomic E-state index is 0.0259. The van der Waals surface area contributed by atoms with Gasteiger partial charge in [0.15, 0.2) is 5.16 Å². The number of ether oxygens (including phenoxy) is 1. The number of nitrogens with zero attached hydrogens (tertiary/aromatic N) is 3. The molecule has 0 saturated heterocycles. The van der Waals surface area contributed by atoms with Crippen molar-refractivity contribution in [3.63, 3.8) is 0 Å². The van der Waals surface area contributed by atoms with Gasteiger partial charge in [-0.1, -0.05) is 32.5 Å². The molecule has 0 aliphatic heterocycles. The van der Waals surface area contributed by atoms with Gasteiger partial charge in [-0.2, -0.15) is 0 Å². The fourth-order valence-corrected chi connectivity index (χ4v) is 4.33. The van der Waals surface area contributed by atoms with Crippen LogP contribution in [0, 0.1) is 15.5 Å². The highest BCUT2D eigenvalue weighted by Crippen LogP contribution is 2.34. The summed E-state index contributed by atoms with van der Waals surface area (Å²) in [6.45, 7) is 9.75. The molecule has 3 aromatic rings. The highest BCUT2D eigenvalue weighted by Gasteiger charge is 2.22. The Morgan fingerprint density at radius 1 is 1.25 bits per heavy atom. The van der Waals surface area contributed by atoms with Gasteiger partial charge in [0.25, 0.3) is 5.69 Å². The van der Waals surface area contributed by atoms with Crippen LogP contribution in [-0.4, -0.2) is 27.5 Å². The number of rotatable bonds is 7. The molecule has 0 radical (unpaired) electrons. The van der Waals surface area contributed by atoms with Gasteiger partial charge in [0.05, 0.1) is 23.1 Å². The van der Waals surface area contributed by atoms with Crippen molar-refractivity contribution in [1.29, 1.82) is 0 Å². The maximum absolute atomic E-state index is 12.3. The molecule has 8 nitrogen and oxygen atoms in total. The van der Waals surface area contributed by atoms with E-state index < -0.39 is 10.3 Å². The Morgan fingerprint density at radius 2 is 1.97 bits per heavy atom. The first-order valence-electron chi connectivity index (χ1n) is 10.3. The lowest BCUT2D eigenvalue weighted by Gasteiger charge is -2.17. The van der Waals surface area contributed by atoms with Gasteiger partial charge in [-0.05, 0) is 38.1 Å². The number of carbonyl (C=O) groups excluding carboxylic acids is 1. The summed E-state index contributed by atoms with van der Waals surface area (Å²) in [5.41, 5.74) is 2.69. The van der Waals surface area contributed by atoms with Gasteiger partial charge in [0.1, 0.15) is 5.75 Å². The lowest BCUT2D eigenvalue weighted by atomic mass is 9.95. The molecule has 1 amide bonds. The second-order valence-electron chi connectivity index (χ2n) is 8.81. The summed E-state index contributed by atoms with van der Waals surface area (Å²) in [7, 11) is 1.55. The third-order valence-electron chi connectivity index (χ3n) is 4.94. The van der Waals surface area contributed by atoms with Crippen molar-refractivity contribution in [1.82, 2.24) is 9.55 Å². The molecule has 0 bridgehead atoms. The average molecular weight is 457 g/mol. The largest absolute Gasteiger partial charge is 0.496 e. The molecule has 1 heterocycles. The zero-order valence-corrected chi connectivity index (χ0v) is 19.9. The number of benzene rings is 2. The second kappa shape index (κ2) is 9.20. The predicted molar refractivity (Wildman–Crippen MR) is 127 cm³/mol. The normalized spacial score (nSPS) is 11.7. The molecule has 32 heavy (non-hydrogen) atoms. The molecular formula is C23H28N4O4S. The fourth-order valence-electron chi connectivity index (χ4n) is 3.21. The number of aromatic nitrogens is 2. The fraction of sp³-hybridized carbons (Fsp3) is 0.391. The third kappa shape index (κ3) is 5.04. The first-order valence-corrected chi connectivity index (χ1v) is 11.3. The monoisotopic (exact) mass is 456 g/mol. The van der Waals surface area contributed by atoms with Crippen LogP contribution in [0.1, 0.15) is 46.2 Å². The van der Waals surface area contributed by atoms with Crippen molar-refractivity contribution in [2.24, 2.45) is 5.41 Å². The minimum Gasteiger partial charge on any atom is -0.496 e. The minimum atomic E-state index is -0.495. The number of hydrogen-bond donors (Lipinski definition) is 1. The molecule has 0 atom stereocenters. The molecule has 0 aliphatic carbocycles. The van der Waals surface area contributed by atoms with E-state index in [4.69, 9.17) is 9.72 Å². The molecule has 0 spiro atoms. The molecule has 0 fully saturated rings. The van der Waals surface area contributed by atoms with Crippen molar-refractivity contribution >= 4 is 40.1 Å². The SMILES string of the molecule is COc1ccc([N+](=O)[O-])cc1CSc1nc2cc(NC(=O)C(C)(C)C)ccc2n1C(C)C. The zero-order valence-electron chi connectivity index (χ0n) is 19.1. The molecule has 170 valence electrons. The van der Waals surface area contributed by atoms with Gasteiger partial charge in [0.2, 0.25) is 5.91 Å². The van der Waals surface area contributed by atoms with E-state index >= 15 is 0 Å². The van der Waals surface area contributed by atoms with Gasteiger partial charge in [-0.15, -0.1) is 0 Å². The lowest BCUT2D eigenvalue weighted by Crippen LogP contribution is -2.27. The number of thioether (sulfide) groups is 1. The summed E-state index contributed by atoms with van der Waals surface area (Å²) in [5, 5.41) is 14.9. The summed E-state index contributed by atoms with van der Waals surface area (Å²) in [6.07, 6.45) is 0. The number of anilines is 1. The van der Waals surface area contributed by atoms with Gasteiger partial charge in [-0.3, -0.25) is 14.9 Å². The lowest BCUT2D eigenvalue weighted by molar-refractivity contribution is -0.384. The van der Waals surface area contributed by atoms with Crippen LogP contribution in [-0.2, 0) is 10.5 Å². The molecule has 1 N–H and O–H groups in total. The van der Waals surface area contributed by atoms with E-state index in [0.29, 0.717) is 17.2 Å². The number of nitro groups is 1. The van der Waals surface area contributed by atoms with E-state index in [0.717, 1.165) is 21.8 Å². The van der Waals surface area contributed by atoms with Crippen molar-refractivity contribution in [3.8, 4) is 5.75 Å². The topological polar surface area (TPSA) is 99.3 Å². The van der Waals surface area contributed by atoms with E-state index in [2.05, 4.69) is 23.7 Å². The van der Waals surface area contributed by atoms with Crippen LogP contribution >= 0.6 is 11.8 Å². The number of carbonyl (C=O) groups is 1. The van der Waals surface area contributed by atoms with Crippen LogP contribution in [0.4, 0.5) is 11.4 Å². The molecule has 3 rings (SSSR count). The van der Waals surface area contributed by atoms with Crippen LogP contribution in [0.25, 0.3) is 11.0 Å². The number of hydrogen-bond acceptors (Lipinski definition) is 6. The van der Waals surface area contributed by atoms with Crippen LogP contribution < -0.4 is 10.1 Å². The molecule has 0 aliphatic rings. The molecule has 0 saturated carbocycles. The third-order valence-corrected chi connectivity index (χ3v) is 5.95. The van der Waals surface area contributed by atoms with E-state index in [9.17, 15) is 14.9 Å². The van der Waals surface area contributed by atoms with Crippen molar-refractivity contribution in [2.75, 3.05) is 12.4 Å². The first-order chi connectivity index (χ1) is 15.0. The molecular weight excluding hydrogens is 428 g/mol. The summed E-state index contributed by atoms with van der Waals surface area (Å²) >= 11 is 1.49. The standard InChI is InChI=1S/C23H28N4O4S/c1-14(2)26-19-9-7-16(24-21(28)23(3,4)5)12-18(19)25-22(26)32-13-15-11-17(27(29)30)8-10-20(15)31-6/h7-12,14H,13H2,1-6H3,(H,24,28). The number of fused-ring (bicyclic) bond motifs is 1. The summed E-state index contributed by atoms with van der Waals surface area (Å²) in [4.78, 5) is 27.9. The molecule has 1 aromatic heterocycles. The highest BCUT2D eigenvalue weighted by molar-refractivity contribution is 7.98. The van der Waals surface area contributed by atoms with E-state index in [1.165, 1.54) is 23.9 Å². The predicted octanol–water partition coefficient (Wildman–Crippen LogP) is 5.81. The summed E-state index contributed by atoms with van der Waals surface area (Å²) in [5.74, 6) is 1.00. The Balaban J connectivity index is 1.93. The number of imidazole rings is 1. The Hall–Kier alpha value is -3.07. The Bertz CT molecular complexity index is 1160. The maximum Gasteiger partial charge on any atom is 0.270 e. The van der Waals surface area contributed by atoms with Gasteiger partial charge in [0, 0.05) is 40.6 Å². The highest BCUT2D eigenvalue weighted by atomic mass is 32.2. The van der Waals surface area contributed by atoms with Gasteiger partial charge < -0.3 is 14.6 Å². The van der Waals surface area contributed by atoms with Gasteiger partial charge in [-0.25, -0.2) is 4.98 Å². The van der Waals surface area contributed by atoms with Crippen molar-refractivity contribution in [2.45, 2.75) is 51.6 Å².